The van der Waals surface area contributed by atoms with Crippen molar-refractivity contribution in [2.45, 2.75) is 25.3 Å². The number of fused-ring (bicyclic) bond motifs is 1. The lowest BCUT2D eigenvalue weighted by atomic mass is 10.0. The predicted molar refractivity (Wildman–Crippen MR) is 141 cm³/mol. The molecule has 3 aromatic heterocycles. The second-order valence-electron chi connectivity index (χ2n) is 9.45. The molecule has 2 saturated heterocycles. The number of carbonyl (C=O) groups is 1. The van der Waals surface area contributed by atoms with Gasteiger partial charge in [0, 0.05) is 62.2 Å². The standard InChI is InChI=1S/C27H30N8O/c36-24(15-21-7-4-10-28-21)34-11-13-35(14-12-34)26-22(20-5-2-1-3-6-20)18-29-27-25(26)23(32-33-27)9-8-19-16-30-31-17-19/h1-3,5-6,8-9,16-18,21,28H,4,7,10-15H2,(H,30,31)(H,29,32,33). The van der Waals surface area contributed by atoms with Gasteiger partial charge in [0.25, 0.3) is 0 Å². The first kappa shape index (κ1) is 22.5. The van der Waals surface area contributed by atoms with Crippen LogP contribution in [0.5, 0.6) is 0 Å². The van der Waals surface area contributed by atoms with E-state index >= 15 is 0 Å². The van der Waals surface area contributed by atoms with Crippen LogP contribution in [0.1, 0.15) is 30.5 Å². The molecule has 0 bridgehead atoms. The van der Waals surface area contributed by atoms with Gasteiger partial charge < -0.3 is 15.1 Å². The van der Waals surface area contributed by atoms with Crippen molar-refractivity contribution in [2.24, 2.45) is 0 Å². The van der Waals surface area contributed by atoms with Gasteiger partial charge in [-0.05, 0) is 37.1 Å². The van der Waals surface area contributed by atoms with Crippen LogP contribution in [0.25, 0.3) is 34.3 Å². The summed E-state index contributed by atoms with van der Waals surface area (Å²) < 4.78 is 0. The lowest BCUT2D eigenvalue weighted by Gasteiger charge is -2.37. The van der Waals surface area contributed by atoms with E-state index in [9.17, 15) is 4.79 Å². The third-order valence-electron chi connectivity index (χ3n) is 7.16. The van der Waals surface area contributed by atoms with Crippen molar-refractivity contribution in [1.82, 2.24) is 35.6 Å². The highest BCUT2D eigenvalue weighted by Gasteiger charge is 2.28. The van der Waals surface area contributed by atoms with E-state index in [-0.39, 0.29) is 5.91 Å². The van der Waals surface area contributed by atoms with Crippen molar-refractivity contribution in [3.05, 3.63) is 60.2 Å². The summed E-state index contributed by atoms with van der Waals surface area (Å²) in [6.07, 6.45) is 12.4. The lowest BCUT2D eigenvalue weighted by Crippen LogP contribution is -2.50. The van der Waals surface area contributed by atoms with Crippen LogP contribution in [0.3, 0.4) is 0 Å². The Morgan fingerprint density at radius 3 is 2.69 bits per heavy atom. The Morgan fingerprint density at radius 2 is 1.94 bits per heavy atom. The highest BCUT2D eigenvalue weighted by atomic mass is 16.2. The summed E-state index contributed by atoms with van der Waals surface area (Å²) in [7, 11) is 0. The van der Waals surface area contributed by atoms with Crippen molar-refractivity contribution in [3.63, 3.8) is 0 Å². The number of rotatable bonds is 6. The molecular formula is C27H30N8O. The average Bonchev–Trinajstić information content (AvgIpc) is 3.70. The number of benzene rings is 1. The predicted octanol–water partition coefficient (Wildman–Crippen LogP) is 3.31. The van der Waals surface area contributed by atoms with Crippen LogP contribution in [-0.4, -0.2) is 75.0 Å². The fourth-order valence-electron chi connectivity index (χ4n) is 5.25. The number of hydrogen-bond donors (Lipinski definition) is 3. The molecule has 0 saturated carbocycles. The number of carbonyl (C=O) groups excluding carboxylic acids is 1. The molecule has 1 unspecified atom stereocenters. The summed E-state index contributed by atoms with van der Waals surface area (Å²) in [4.78, 5) is 22.0. The molecule has 0 radical (unpaired) electrons. The van der Waals surface area contributed by atoms with Crippen molar-refractivity contribution in [3.8, 4) is 11.1 Å². The molecule has 9 heteroatoms. The van der Waals surface area contributed by atoms with Crippen LogP contribution in [0.15, 0.2) is 48.9 Å². The van der Waals surface area contributed by atoms with E-state index in [0.717, 1.165) is 65.9 Å². The van der Waals surface area contributed by atoms with E-state index < -0.39 is 0 Å². The van der Waals surface area contributed by atoms with Gasteiger partial charge in [0.05, 0.1) is 23.0 Å². The van der Waals surface area contributed by atoms with Gasteiger partial charge in [-0.25, -0.2) is 4.98 Å². The number of H-pyrrole nitrogens is 2. The fraction of sp³-hybridized carbons (Fsp3) is 0.333. The van der Waals surface area contributed by atoms with E-state index in [1.807, 2.05) is 47.6 Å². The summed E-state index contributed by atoms with van der Waals surface area (Å²) in [6, 6.07) is 10.7. The van der Waals surface area contributed by atoms with Crippen LogP contribution in [0.4, 0.5) is 5.69 Å². The molecule has 1 amide bonds. The van der Waals surface area contributed by atoms with E-state index in [1.165, 1.54) is 0 Å². The smallest absolute Gasteiger partial charge is 0.224 e. The van der Waals surface area contributed by atoms with Crippen molar-refractivity contribution in [1.29, 1.82) is 0 Å². The first-order chi connectivity index (χ1) is 17.8. The van der Waals surface area contributed by atoms with E-state index in [2.05, 4.69) is 47.7 Å². The molecule has 4 aromatic rings. The van der Waals surface area contributed by atoms with Crippen molar-refractivity contribution in [2.75, 3.05) is 37.6 Å². The summed E-state index contributed by atoms with van der Waals surface area (Å²) in [5.41, 5.74) is 5.85. The van der Waals surface area contributed by atoms with Crippen molar-refractivity contribution >= 4 is 34.8 Å². The van der Waals surface area contributed by atoms with Crippen LogP contribution in [-0.2, 0) is 4.79 Å². The third-order valence-corrected chi connectivity index (χ3v) is 7.16. The maximum Gasteiger partial charge on any atom is 0.224 e. The molecule has 1 atom stereocenters. The maximum absolute atomic E-state index is 12.9. The van der Waals surface area contributed by atoms with Gasteiger partial charge >= 0.3 is 0 Å². The molecule has 6 rings (SSSR count). The Hall–Kier alpha value is -3.98. The Morgan fingerprint density at radius 1 is 1.08 bits per heavy atom. The number of hydrogen-bond acceptors (Lipinski definition) is 6. The van der Waals surface area contributed by atoms with Gasteiger partial charge in [0.1, 0.15) is 0 Å². The van der Waals surface area contributed by atoms with Gasteiger partial charge in [0.2, 0.25) is 5.91 Å². The fourth-order valence-corrected chi connectivity index (χ4v) is 5.25. The second-order valence-corrected chi connectivity index (χ2v) is 9.45. The number of pyridine rings is 1. The highest BCUT2D eigenvalue weighted by molar-refractivity contribution is 6.03. The minimum absolute atomic E-state index is 0.254. The van der Waals surface area contributed by atoms with Crippen LogP contribution >= 0.6 is 0 Å². The zero-order valence-corrected chi connectivity index (χ0v) is 20.2. The highest BCUT2D eigenvalue weighted by Crippen LogP contribution is 2.38. The molecule has 36 heavy (non-hydrogen) atoms. The molecule has 2 fully saturated rings. The molecule has 9 nitrogen and oxygen atoms in total. The third kappa shape index (κ3) is 4.49. The SMILES string of the molecule is O=C(CC1CCCN1)N1CCN(c2c(-c3ccccc3)cnc3n[nH]c(C=Cc4cn[nH]c4)c23)CC1. The zero-order chi connectivity index (χ0) is 24.3. The molecule has 0 spiro atoms. The molecule has 184 valence electrons. The van der Waals surface area contributed by atoms with Crippen LogP contribution in [0.2, 0.25) is 0 Å². The maximum atomic E-state index is 12.9. The number of amides is 1. The minimum Gasteiger partial charge on any atom is -0.367 e. The summed E-state index contributed by atoms with van der Waals surface area (Å²) in [5.74, 6) is 0.254. The summed E-state index contributed by atoms with van der Waals surface area (Å²) >= 11 is 0. The number of anilines is 1. The molecule has 2 aliphatic rings. The Balaban J connectivity index is 1.33. The molecule has 1 aromatic carbocycles. The Bertz CT molecular complexity index is 1350. The van der Waals surface area contributed by atoms with E-state index in [0.29, 0.717) is 31.2 Å². The molecular weight excluding hydrogens is 452 g/mol. The minimum atomic E-state index is 0.254. The monoisotopic (exact) mass is 482 g/mol. The summed E-state index contributed by atoms with van der Waals surface area (Å²) in [5, 5.41) is 19.0. The molecule has 3 N–H and O–H groups in total. The molecule has 2 aliphatic heterocycles. The van der Waals surface area contributed by atoms with Gasteiger partial charge in [-0.1, -0.05) is 30.3 Å². The van der Waals surface area contributed by atoms with Gasteiger partial charge in [-0.3, -0.25) is 15.0 Å². The molecule has 5 heterocycles. The largest absolute Gasteiger partial charge is 0.367 e. The van der Waals surface area contributed by atoms with Crippen LogP contribution in [0, 0.1) is 0 Å². The molecule has 0 aliphatic carbocycles. The van der Waals surface area contributed by atoms with E-state index in [4.69, 9.17) is 0 Å². The summed E-state index contributed by atoms with van der Waals surface area (Å²) in [6.45, 7) is 3.97. The normalized spacial score (nSPS) is 18.5. The lowest BCUT2D eigenvalue weighted by molar-refractivity contribution is -0.131. The number of nitrogens with zero attached hydrogens (tertiary/aromatic N) is 5. The first-order valence-corrected chi connectivity index (χ1v) is 12.6. The number of aromatic amines is 2. The van der Waals surface area contributed by atoms with Gasteiger partial charge in [-0.2, -0.15) is 10.2 Å². The number of piperazine rings is 1. The van der Waals surface area contributed by atoms with Crippen LogP contribution < -0.4 is 10.2 Å². The Kier molecular flexibility index (Phi) is 6.21. The number of nitrogens with one attached hydrogen (secondary N) is 3. The average molecular weight is 483 g/mol. The van der Waals surface area contributed by atoms with Crippen molar-refractivity contribution < 1.29 is 4.79 Å². The second kappa shape index (κ2) is 9.94. The quantitative estimate of drug-likeness (QED) is 0.389. The first-order valence-electron chi connectivity index (χ1n) is 12.6. The van der Waals surface area contributed by atoms with E-state index in [1.54, 1.807) is 6.20 Å². The zero-order valence-electron chi connectivity index (χ0n) is 20.2. The number of aromatic nitrogens is 5. The van der Waals surface area contributed by atoms with Gasteiger partial charge in [0.15, 0.2) is 5.65 Å². The topological polar surface area (TPSA) is 106 Å². The van der Waals surface area contributed by atoms with Gasteiger partial charge in [-0.15, -0.1) is 0 Å². The Labute approximate surface area is 209 Å².